The smallest absolute Gasteiger partial charge is 0.307 e. The molecule has 0 unspecified atom stereocenters. The monoisotopic (exact) mass is 204 g/mol. The Labute approximate surface area is 90.3 Å². The lowest BCUT2D eigenvalue weighted by atomic mass is 9.85. The fraction of sp³-hybridized carbons (Fsp3) is 0.308. The first-order chi connectivity index (χ1) is 7.16. The lowest BCUT2D eigenvalue weighted by Gasteiger charge is -2.18. The van der Waals surface area contributed by atoms with Crippen molar-refractivity contribution in [1.82, 2.24) is 0 Å². The summed E-state index contributed by atoms with van der Waals surface area (Å²) >= 11 is 0. The number of allylic oxidation sites excluding steroid dienone is 1. The third kappa shape index (κ3) is 2.94. The largest absolute Gasteiger partial charge is 0.481 e. The van der Waals surface area contributed by atoms with Crippen molar-refractivity contribution in [3.63, 3.8) is 0 Å². The van der Waals surface area contributed by atoms with E-state index in [4.69, 9.17) is 5.11 Å². The minimum absolute atomic E-state index is 0.0155. The van der Waals surface area contributed by atoms with Crippen LogP contribution in [0, 0.1) is 5.92 Å². The van der Waals surface area contributed by atoms with E-state index in [2.05, 4.69) is 6.58 Å². The van der Waals surface area contributed by atoms with Crippen molar-refractivity contribution in [3.05, 3.63) is 48.6 Å². The molecule has 0 saturated heterocycles. The second kappa shape index (κ2) is 5.35. The van der Waals surface area contributed by atoms with E-state index in [9.17, 15) is 4.79 Å². The van der Waals surface area contributed by atoms with Gasteiger partial charge in [0.05, 0.1) is 5.92 Å². The first-order valence-corrected chi connectivity index (χ1v) is 5.05. The summed E-state index contributed by atoms with van der Waals surface area (Å²) in [5, 5.41) is 9.09. The second-order valence-electron chi connectivity index (χ2n) is 3.67. The zero-order chi connectivity index (χ0) is 11.3. The third-order valence-electron chi connectivity index (χ3n) is 2.67. The van der Waals surface area contributed by atoms with E-state index in [1.54, 1.807) is 6.08 Å². The fourth-order valence-corrected chi connectivity index (χ4v) is 1.69. The highest BCUT2D eigenvalue weighted by atomic mass is 16.4. The predicted molar refractivity (Wildman–Crippen MR) is 60.8 cm³/mol. The van der Waals surface area contributed by atoms with Gasteiger partial charge in [0.15, 0.2) is 0 Å². The Hall–Kier alpha value is -1.57. The molecule has 0 aliphatic heterocycles. The fourth-order valence-electron chi connectivity index (χ4n) is 1.69. The molecular weight excluding hydrogens is 188 g/mol. The predicted octanol–water partition coefficient (Wildman–Crippen LogP) is 3.07. The molecule has 0 aromatic heterocycles. The van der Waals surface area contributed by atoms with Gasteiger partial charge >= 0.3 is 5.97 Å². The first kappa shape index (κ1) is 11.5. The zero-order valence-electron chi connectivity index (χ0n) is 8.89. The van der Waals surface area contributed by atoms with Gasteiger partial charge in [0.2, 0.25) is 0 Å². The van der Waals surface area contributed by atoms with Crippen molar-refractivity contribution in [3.8, 4) is 0 Å². The van der Waals surface area contributed by atoms with Crippen LogP contribution in [0.25, 0.3) is 0 Å². The van der Waals surface area contributed by atoms with Gasteiger partial charge in [-0.25, -0.2) is 0 Å². The van der Waals surface area contributed by atoms with Crippen molar-refractivity contribution < 1.29 is 9.90 Å². The summed E-state index contributed by atoms with van der Waals surface area (Å²) in [5.74, 6) is -1.13. The Bertz CT molecular complexity index is 330. The maximum Gasteiger partial charge on any atom is 0.307 e. The highest BCUT2D eigenvalue weighted by molar-refractivity contribution is 5.71. The number of carboxylic acids is 1. The van der Waals surface area contributed by atoms with Gasteiger partial charge in [0, 0.05) is 0 Å². The molecule has 0 fully saturated rings. The maximum absolute atomic E-state index is 11.1. The zero-order valence-corrected chi connectivity index (χ0v) is 8.89. The number of carbonyl (C=O) groups is 1. The van der Waals surface area contributed by atoms with E-state index in [-0.39, 0.29) is 11.8 Å². The summed E-state index contributed by atoms with van der Waals surface area (Å²) in [7, 11) is 0. The Morgan fingerprint density at radius 3 is 2.53 bits per heavy atom. The van der Waals surface area contributed by atoms with Gasteiger partial charge in [0.25, 0.3) is 0 Å². The molecule has 1 aromatic rings. The molecule has 0 radical (unpaired) electrons. The molecule has 1 aromatic carbocycles. The first-order valence-electron chi connectivity index (χ1n) is 5.05. The van der Waals surface area contributed by atoms with Crippen molar-refractivity contribution in [2.45, 2.75) is 19.3 Å². The van der Waals surface area contributed by atoms with Crippen LogP contribution in [0.5, 0.6) is 0 Å². The molecular formula is C13H16O2. The van der Waals surface area contributed by atoms with E-state index in [0.29, 0.717) is 6.42 Å². The number of hydrogen-bond donors (Lipinski definition) is 1. The van der Waals surface area contributed by atoms with Gasteiger partial charge in [0.1, 0.15) is 0 Å². The summed E-state index contributed by atoms with van der Waals surface area (Å²) in [5.41, 5.74) is 1.06. The SMILES string of the molecule is C=CC[C@@H](C(=O)O)[C@H](C)c1ccccc1. The quantitative estimate of drug-likeness (QED) is 0.748. The molecule has 0 spiro atoms. The molecule has 0 heterocycles. The molecule has 2 heteroatoms. The topological polar surface area (TPSA) is 37.3 Å². The van der Waals surface area contributed by atoms with Gasteiger partial charge in [-0.3, -0.25) is 4.79 Å². The molecule has 0 aliphatic carbocycles. The minimum atomic E-state index is -0.758. The van der Waals surface area contributed by atoms with E-state index in [1.807, 2.05) is 37.3 Å². The molecule has 0 bridgehead atoms. The molecule has 0 amide bonds. The number of aliphatic carboxylic acids is 1. The van der Waals surface area contributed by atoms with Crippen molar-refractivity contribution in [2.75, 3.05) is 0 Å². The van der Waals surface area contributed by atoms with Gasteiger partial charge in [-0.15, -0.1) is 6.58 Å². The van der Waals surface area contributed by atoms with Crippen LogP contribution in [0.4, 0.5) is 0 Å². The van der Waals surface area contributed by atoms with Gasteiger partial charge in [-0.05, 0) is 17.9 Å². The lowest BCUT2D eigenvalue weighted by Crippen LogP contribution is -2.19. The Morgan fingerprint density at radius 1 is 1.47 bits per heavy atom. The summed E-state index contributed by atoms with van der Waals surface area (Å²) in [6.07, 6.45) is 2.17. The van der Waals surface area contributed by atoms with Crippen LogP contribution in [0.15, 0.2) is 43.0 Å². The minimum Gasteiger partial charge on any atom is -0.481 e. The highest BCUT2D eigenvalue weighted by Crippen LogP contribution is 2.27. The Balaban J connectivity index is 2.85. The normalized spacial score (nSPS) is 14.2. The summed E-state index contributed by atoms with van der Waals surface area (Å²) < 4.78 is 0. The summed E-state index contributed by atoms with van der Waals surface area (Å²) in [4.78, 5) is 11.1. The van der Waals surface area contributed by atoms with Gasteiger partial charge < -0.3 is 5.11 Å². The van der Waals surface area contributed by atoms with E-state index >= 15 is 0 Å². The molecule has 2 nitrogen and oxygen atoms in total. The van der Waals surface area contributed by atoms with Crippen molar-refractivity contribution in [1.29, 1.82) is 0 Å². The number of hydrogen-bond acceptors (Lipinski definition) is 1. The van der Waals surface area contributed by atoms with Gasteiger partial charge in [-0.2, -0.15) is 0 Å². The Morgan fingerprint density at radius 2 is 2.07 bits per heavy atom. The molecule has 15 heavy (non-hydrogen) atoms. The third-order valence-corrected chi connectivity index (χ3v) is 2.67. The number of benzene rings is 1. The van der Waals surface area contributed by atoms with Crippen LogP contribution in [0.3, 0.4) is 0 Å². The van der Waals surface area contributed by atoms with Crippen LogP contribution >= 0.6 is 0 Å². The summed E-state index contributed by atoms with van der Waals surface area (Å²) in [6, 6.07) is 9.71. The van der Waals surface area contributed by atoms with Crippen LogP contribution < -0.4 is 0 Å². The molecule has 80 valence electrons. The molecule has 1 N–H and O–H groups in total. The Kier molecular flexibility index (Phi) is 4.10. The van der Waals surface area contributed by atoms with E-state index in [1.165, 1.54) is 0 Å². The molecule has 0 saturated carbocycles. The van der Waals surface area contributed by atoms with Crippen molar-refractivity contribution in [2.24, 2.45) is 5.92 Å². The van der Waals surface area contributed by atoms with Crippen LogP contribution in [0.1, 0.15) is 24.8 Å². The maximum atomic E-state index is 11.1. The van der Waals surface area contributed by atoms with Crippen molar-refractivity contribution >= 4 is 5.97 Å². The second-order valence-corrected chi connectivity index (χ2v) is 3.67. The number of rotatable bonds is 5. The summed E-state index contributed by atoms with van der Waals surface area (Å²) in [6.45, 7) is 5.54. The van der Waals surface area contributed by atoms with Gasteiger partial charge in [-0.1, -0.05) is 43.3 Å². The average molecular weight is 204 g/mol. The molecule has 2 atom stereocenters. The molecule has 0 aliphatic rings. The lowest BCUT2D eigenvalue weighted by molar-refractivity contribution is -0.142. The molecule has 1 rings (SSSR count). The van der Waals surface area contributed by atoms with Crippen LogP contribution in [0.2, 0.25) is 0 Å². The van der Waals surface area contributed by atoms with E-state index < -0.39 is 5.97 Å². The van der Waals surface area contributed by atoms with Crippen LogP contribution in [-0.4, -0.2) is 11.1 Å². The highest BCUT2D eigenvalue weighted by Gasteiger charge is 2.24. The standard InChI is InChI=1S/C13H16O2/c1-3-7-12(13(14)15)10(2)11-8-5-4-6-9-11/h3-6,8-10,12H,1,7H2,2H3,(H,14,15)/t10-,12-/m1/s1. The number of carboxylic acid groups (broad SMARTS) is 1. The van der Waals surface area contributed by atoms with Crippen LogP contribution in [-0.2, 0) is 4.79 Å². The average Bonchev–Trinajstić information content (AvgIpc) is 2.26. The van der Waals surface area contributed by atoms with E-state index in [0.717, 1.165) is 5.56 Å².